The van der Waals surface area contributed by atoms with Crippen LogP contribution >= 0.6 is 38.9 Å². The van der Waals surface area contributed by atoms with Crippen molar-refractivity contribution in [3.05, 3.63) is 70.2 Å². The molecule has 0 fully saturated rings. The van der Waals surface area contributed by atoms with Crippen LogP contribution in [0.5, 0.6) is 0 Å². The number of hydrogen-bond acceptors (Lipinski definition) is 1. The first kappa shape index (κ1) is 13.3. The average molecular weight is 374 g/mol. The van der Waals surface area contributed by atoms with Crippen LogP contribution in [0.3, 0.4) is 0 Å². The van der Waals surface area contributed by atoms with Gasteiger partial charge in [-0.3, -0.25) is 0 Å². The number of halogens is 2. The molecule has 4 rings (SSSR count). The van der Waals surface area contributed by atoms with Gasteiger partial charge in [-0.05, 0) is 35.4 Å². The van der Waals surface area contributed by atoms with E-state index in [4.69, 9.17) is 11.6 Å². The highest BCUT2D eigenvalue weighted by Gasteiger charge is 2.08. The Morgan fingerprint density at radius 2 is 1.52 bits per heavy atom. The first-order valence-corrected chi connectivity index (χ1v) is 8.58. The van der Waals surface area contributed by atoms with Gasteiger partial charge in [0.2, 0.25) is 0 Å². The predicted molar refractivity (Wildman–Crippen MR) is 97.5 cm³/mol. The third-order valence-corrected chi connectivity index (χ3v) is 5.66. The summed E-state index contributed by atoms with van der Waals surface area (Å²) in [5.74, 6) is 0. The van der Waals surface area contributed by atoms with Crippen LogP contribution in [0.15, 0.2) is 65.1 Å². The Kier molecular flexibility index (Phi) is 3.26. The molecule has 102 valence electrons. The van der Waals surface area contributed by atoms with Gasteiger partial charge in [0.1, 0.15) is 0 Å². The maximum absolute atomic E-state index is 6.09. The predicted octanol–water partition coefficient (Wildman–Crippen LogP) is 7.14. The molecular weight excluding hydrogens is 364 g/mol. The molecule has 0 saturated carbocycles. The summed E-state index contributed by atoms with van der Waals surface area (Å²) in [4.78, 5) is 0. The number of thiophene rings is 1. The van der Waals surface area contributed by atoms with Crippen molar-refractivity contribution in [3.8, 4) is 11.1 Å². The molecule has 0 atom stereocenters. The van der Waals surface area contributed by atoms with E-state index < -0.39 is 0 Å². The fraction of sp³-hybridized carbons (Fsp3) is 0. The topological polar surface area (TPSA) is 0 Å². The molecule has 0 spiro atoms. The van der Waals surface area contributed by atoms with Gasteiger partial charge >= 0.3 is 0 Å². The van der Waals surface area contributed by atoms with Gasteiger partial charge in [-0.15, -0.1) is 11.3 Å². The monoisotopic (exact) mass is 372 g/mol. The minimum absolute atomic E-state index is 0.792. The highest BCUT2D eigenvalue weighted by molar-refractivity contribution is 9.10. The Morgan fingerprint density at radius 1 is 0.810 bits per heavy atom. The van der Waals surface area contributed by atoms with E-state index in [2.05, 4.69) is 58.4 Å². The molecule has 0 amide bonds. The Hall–Kier alpha value is -1.35. The number of hydrogen-bond donors (Lipinski definition) is 0. The molecule has 0 aliphatic heterocycles. The third kappa shape index (κ3) is 2.28. The van der Waals surface area contributed by atoms with E-state index in [1.807, 2.05) is 18.2 Å². The molecule has 0 unspecified atom stereocenters. The van der Waals surface area contributed by atoms with E-state index in [9.17, 15) is 0 Å². The zero-order valence-corrected chi connectivity index (χ0v) is 14.1. The molecule has 0 aliphatic carbocycles. The second-order valence-corrected chi connectivity index (χ2v) is 7.31. The van der Waals surface area contributed by atoms with Crippen LogP contribution in [0.4, 0.5) is 0 Å². The second kappa shape index (κ2) is 5.13. The van der Waals surface area contributed by atoms with Gasteiger partial charge in [-0.1, -0.05) is 63.9 Å². The summed E-state index contributed by atoms with van der Waals surface area (Å²) < 4.78 is 3.65. The fourth-order valence-electron chi connectivity index (χ4n) is 2.61. The number of fused-ring (bicyclic) bond motifs is 3. The molecule has 3 heteroatoms. The van der Waals surface area contributed by atoms with Gasteiger partial charge in [0.15, 0.2) is 0 Å². The maximum Gasteiger partial charge on any atom is 0.0420 e. The minimum atomic E-state index is 0.792. The molecule has 3 aromatic carbocycles. The lowest BCUT2D eigenvalue weighted by Gasteiger charge is -2.04. The van der Waals surface area contributed by atoms with Gasteiger partial charge in [0.25, 0.3) is 0 Å². The van der Waals surface area contributed by atoms with Crippen molar-refractivity contribution in [1.82, 2.24) is 0 Å². The molecule has 0 radical (unpaired) electrons. The van der Waals surface area contributed by atoms with E-state index in [1.54, 1.807) is 11.3 Å². The van der Waals surface area contributed by atoms with Crippen molar-refractivity contribution >= 4 is 59.0 Å². The Morgan fingerprint density at radius 3 is 2.33 bits per heavy atom. The number of benzene rings is 3. The third-order valence-electron chi connectivity index (χ3n) is 3.62. The lowest BCUT2D eigenvalue weighted by atomic mass is 10.0. The minimum Gasteiger partial charge on any atom is -0.135 e. The summed E-state index contributed by atoms with van der Waals surface area (Å²) in [6.45, 7) is 0. The molecule has 0 bridgehead atoms. The molecule has 1 heterocycles. The summed E-state index contributed by atoms with van der Waals surface area (Å²) >= 11 is 11.5. The number of rotatable bonds is 1. The maximum atomic E-state index is 6.09. The zero-order valence-electron chi connectivity index (χ0n) is 10.9. The van der Waals surface area contributed by atoms with Crippen LogP contribution < -0.4 is 0 Å². The zero-order chi connectivity index (χ0) is 14.4. The van der Waals surface area contributed by atoms with Crippen molar-refractivity contribution in [2.45, 2.75) is 0 Å². The van der Waals surface area contributed by atoms with Crippen LogP contribution in [-0.4, -0.2) is 0 Å². The van der Waals surface area contributed by atoms with Crippen molar-refractivity contribution in [3.63, 3.8) is 0 Å². The summed E-state index contributed by atoms with van der Waals surface area (Å²) in [6.07, 6.45) is 0. The molecule has 0 aliphatic rings. The first-order valence-electron chi connectivity index (χ1n) is 6.59. The molecule has 0 N–H and O–H groups in total. The molecular formula is C18H10BrClS. The molecule has 21 heavy (non-hydrogen) atoms. The van der Waals surface area contributed by atoms with Crippen LogP contribution in [0.1, 0.15) is 0 Å². The summed E-state index contributed by atoms with van der Waals surface area (Å²) in [7, 11) is 0. The first-order chi connectivity index (χ1) is 10.2. The smallest absolute Gasteiger partial charge is 0.0420 e. The van der Waals surface area contributed by atoms with E-state index in [0.29, 0.717) is 0 Å². The molecule has 0 saturated heterocycles. The Bertz CT molecular complexity index is 971. The van der Waals surface area contributed by atoms with Gasteiger partial charge in [-0.2, -0.15) is 0 Å². The lowest BCUT2D eigenvalue weighted by Crippen LogP contribution is -1.78. The molecule has 0 nitrogen and oxygen atoms in total. The normalized spacial score (nSPS) is 11.3. The largest absolute Gasteiger partial charge is 0.135 e. The highest BCUT2D eigenvalue weighted by atomic mass is 79.9. The standard InChI is InChI=1S/C18H10BrClS/c19-16-4-2-1-3-13(16)11-5-7-14-15-8-6-12(20)10-18(15)21-17(14)9-11/h1-10H. The highest BCUT2D eigenvalue weighted by Crippen LogP contribution is 2.38. The fourth-order valence-corrected chi connectivity index (χ4v) is 4.55. The van der Waals surface area contributed by atoms with Crippen LogP contribution in [-0.2, 0) is 0 Å². The SMILES string of the molecule is Clc1ccc2c(c1)sc1cc(-c3ccccc3Br)ccc12. The molecule has 4 aromatic rings. The van der Waals surface area contributed by atoms with E-state index in [1.165, 1.54) is 31.3 Å². The van der Waals surface area contributed by atoms with Crippen molar-refractivity contribution < 1.29 is 0 Å². The van der Waals surface area contributed by atoms with Crippen molar-refractivity contribution in [2.75, 3.05) is 0 Å². The van der Waals surface area contributed by atoms with Crippen molar-refractivity contribution in [2.24, 2.45) is 0 Å². The van der Waals surface area contributed by atoms with E-state index in [-0.39, 0.29) is 0 Å². The van der Waals surface area contributed by atoms with Crippen molar-refractivity contribution in [1.29, 1.82) is 0 Å². The quantitative estimate of drug-likeness (QED) is 0.332. The summed E-state index contributed by atoms with van der Waals surface area (Å²) in [6, 6.07) is 21.1. The van der Waals surface area contributed by atoms with Crippen LogP contribution in [0.2, 0.25) is 5.02 Å². The van der Waals surface area contributed by atoms with Gasteiger partial charge < -0.3 is 0 Å². The van der Waals surface area contributed by atoms with Gasteiger partial charge in [0.05, 0.1) is 0 Å². The Labute approximate surface area is 140 Å². The summed E-state index contributed by atoms with van der Waals surface area (Å²) in [5.41, 5.74) is 2.45. The molecule has 1 aromatic heterocycles. The lowest BCUT2D eigenvalue weighted by molar-refractivity contribution is 1.61. The van der Waals surface area contributed by atoms with Crippen LogP contribution in [0, 0.1) is 0 Å². The van der Waals surface area contributed by atoms with Crippen LogP contribution in [0.25, 0.3) is 31.3 Å². The van der Waals surface area contributed by atoms with Gasteiger partial charge in [-0.25, -0.2) is 0 Å². The average Bonchev–Trinajstić information content (AvgIpc) is 2.84. The van der Waals surface area contributed by atoms with E-state index >= 15 is 0 Å². The second-order valence-electron chi connectivity index (χ2n) is 4.93. The Balaban J connectivity index is 1.98. The summed E-state index contributed by atoms with van der Waals surface area (Å²) in [5, 5.41) is 3.36. The van der Waals surface area contributed by atoms with Gasteiger partial charge in [0, 0.05) is 29.7 Å². The van der Waals surface area contributed by atoms with E-state index in [0.717, 1.165) is 9.50 Å².